The van der Waals surface area contributed by atoms with Crippen molar-refractivity contribution in [3.63, 3.8) is 0 Å². The quantitative estimate of drug-likeness (QED) is 0.502. The largest absolute Gasteiger partial charge is 0.449 e. The maximum absolute atomic E-state index is 12.9. The first-order chi connectivity index (χ1) is 14.7. The number of non-ortho nitro benzene ring substituents is 1. The van der Waals surface area contributed by atoms with Gasteiger partial charge in [-0.05, 0) is 12.1 Å². The van der Waals surface area contributed by atoms with Crippen LogP contribution in [-0.4, -0.2) is 31.3 Å². The molecule has 0 radical (unpaired) electrons. The monoisotopic (exact) mass is 431 g/mol. The number of aromatic nitrogens is 3. The first-order valence-electron chi connectivity index (χ1n) is 9.33. The third-order valence-electron chi connectivity index (χ3n) is 4.96. The lowest BCUT2D eigenvalue weighted by Gasteiger charge is -2.27. The molecule has 0 amide bonds. The molecule has 0 saturated heterocycles. The van der Waals surface area contributed by atoms with Crippen molar-refractivity contribution in [2.45, 2.75) is 25.7 Å². The molecule has 4 rings (SSSR count). The molecule has 11 heteroatoms. The Morgan fingerprint density at radius 1 is 1.16 bits per heavy atom. The summed E-state index contributed by atoms with van der Waals surface area (Å²) in [7, 11) is 0. The zero-order valence-corrected chi connectivity index (χ0v) is 16.0. The van der Waals surface area contributed by atoms with Gasteiger partial charge in [0.25, 0.3) is 11.2 Å². The van der Waals surface area contributed by atoms with E-state index in [9.17, 15) is 28.1 Å². The molecule has 3 heterocycles. The van der Waals surface area contributed by atoms with Crippen LogP contribution in [0.4, 0.5) is 18.9 Å². The lowest BCUT2D eigenvalue weighted by atomic mass is 10.1. The van der Waals surface area contributed by atoms with E-state index in [0.29, 0.717) is 30.0 Å². The second-order valence-electron chi connectivity index (χ2n) is 7.12. The third kappa shape index (κ3) is 4.45. The van der Waals surface area contributed by atoms with Crippen LogP contribution < -0.4 is 5.56 Å². The zero-order chi connectivity index (χ0) is 22.2. The summed E-state index contributed by atoms with van der Waals surface area (Å²) in [6.07, 6.45) is -4.49. The Bertz CT molecular complexity index is 1210. The molecule has 0 atom stereocenters. The van der Waals surface area contributed by atoms with Crippen molar-refractivity contribution in [3.05, 3.63) is 85.7 Å². The number of hydrogen-bond acceptors (Lipinski definition) is 6. The van der Waals surface area contributed by atoms with Crippen LogP contribution in [0.1, 0.15) is 22.8 Å². The van der Waals surface area contributed by atoms with Crippen LogP contribution in [0.5, 0.6) is 0 Å². The van der Waals surface area contributed by atoms with Crippen LogP contribution in [0.25, 0.3) is 11.3 Å². The van der Waals surface area contributed by atoms with E-state index in [1.807, 2.05) is 9.88 Å². The molecule has 0 fully saturated rings. The molecule has 0 saturated carbocycles. The average Bonchev–Trinajstić information content (AvgIpc) is 2.73. The predicted octanol–water partition coefficient (Wildman–Crippen LogP) is 3.32. The minimum atomic E-state index is -4.71. The van der Waals surface area contributed by atoms with Crippen LogP contribution in [-0.2, 0) is 25.7 Å². The fourth-order valence-electron chi connectivity index (χ4n) is 3.49. The number of halogens is 3. The Hall–Kier alpha value is -3.60. The van der Waals surface area contributed by atoms with Gasteiger partial charge in [-0.25, -0.2) is 4.98 Å². The third-order valence-corrected chi connectivity index (χ3v) is 4.96. The van der Waals surface area contributed by atoms with Crippen molar-refractivity contribution in [2.24, 2.45) is 0 Å². The number of nitrogens with zero attached hydrogens (tertiary/aromatic N) is 4. The normalized spacial score (nSPS) is 14.3. The topological polar surface area (TPSA) is 105 Å². The fraction of sp³-hybridized carbons (Fsp3) is 0.250. The molecule has 1 aliphatic rings. The molecule has 0 aliphatic carbocycles. The van der Waals surface area contributed by atoms with Gasteiger partial charge in [0.05, 0.1) is 27.6 Å². The molecule has 1 aromatic carbocycles. The molecule has 1 aliphatic heterocycles. The Morgan fingerprint density at radius 2 is 1.94 bits per heavy atom. The van der Waals surface area contributed by atoms with E-state index in [1.165, 1.54) is 12.1 Å². The van der Waals surface area contributed by atoms with Gasteiger partial charge in [-0.3, -0.25) is 24.8 Å². The molecule has 3 aromatic rings. The Morgan fingerprint density at radius 3 is 2.68 bits per heavy atom. The van der Waals surface area contributed by atoms with E-state index in [-0.39, 0.29) is 29.9 Å². The summed E-state index contributed by atoms with van der Waals surface area (Å²) in [5.41, 5.74) is 1.37. The summed E-state index contributed by atoms with van der Waals surface area (Å²) in [5, 5.41) is 11.0. The molecule has 2 aromatic heterocycles. The molecule has 0 unspecified atom stereocenters. The minimum absolute atomic E-state index is 0.0395. The van der Waals surface area contributed by atoms with Gasteiger partial charge in [-0.15, -0.1) is 0 Å². The molecule has 160 valence electrons. The SMILES string of the molecule is O=c1[nH]c(C(F)(F)F)nc2c1CN(Cc1cccc(-c3cccc([N+](=O)[O-])c3)n1)CC2. The van der Waals surface area contributed by atoms with Crippen molar-refractivity contribution >= 4 is 5.69 Å². The highest BCUT2D eigenvalue weighted by Gasteiger charge is 2.36. The Kier molecular flexibility index (Phi) is 5.27. The van der Waals surface area contributed by atoms with Gasteiger partial charge in [0.1, 0.15) is 0 Å². The number of aromatic amines is 1. The lowest BCUT2D eigenvalue weighted by molar-refractivity contribution is -0.384. The van der Waals surface area contributed by atoms with Crippen molar-refractivity contribution in [1.29, 1.82) is 0 Å². The first-order valence-corrected chi connectivity index (χ1v) is 9.33. The maximum atomic E-state index is 12.9. The van der Waals surface area contributed by atoms with Crippen LogP contribution in [0.15, 0.2) is 47.3 Å². The molecular weight excluding hydrogens is 415 g/mol. The number of benzene rings is 1. The highest BCUT2D eigenvalue weighted by molar-refractivity contribution is 5.62. The standard InChI is InChI=1S/C20H16F3N5O3/c21-20(22,23)19-25-17-7-8-27(11-15(17)18(29)26-19)10-13-4-2-6-16(24-13)12-3-1-5-14(9-12)28(30)31/h1-6,9H,7-8,10-11H2,(H,25,26,29). The van der Waals surface area contributed by atoms with Gasteiger partial charge in [-0.1, -0.05) is 18.2 Å². The van der Waals surface area contributed by atoms with E-state index in [2.05, 4.69) is 9.97 Å². The van der Waals surface area contributed by atoms with E-state index >= 15 is 0 Å². The number of hydrogen-bond donors (Lipinski definition) is 1. The van der Waals surface area contributed by atoms with Crippen LogP contribution in [0.3, 0.4) is 0 Å². The highest BCUT2D eigenvalue weighted by atomic mass is 19.4. The number of nitrogens with one attached hydrogen (secondary N) is 1. The summed E-state index contributed by atoms with van der Waals surface area (Å²) in [6, 6.07) is 11.4. The summed E-state index contributed by atoms with van der Waals surface area (Å²) in [4.78, 5) is 34.5. The Balaban J connectivity index is 1.54. The molecular formula is C20H16F3N5O3. The van der Waals surface area contributed by atoms with Gasteiger partial charge in [0.2, 0.25) is 5.82 Å². The minimum Gasteiger partial charge on any atom is -0.303 e. The predicted molar refractivity (Wildman–Crippen MR) is 104 cm³/mol. The van der Waals surface area contributed by atoms with Crippen LogP contribution in [0.2, 0.25) is 0 Å². The van der Waals surface area contributed by atoms with Gasteiger partial charge in [-0.2, -0.15) is 13.2 Å². The van der Waals surface area contributed by atoms with Gasteiger partial charge in [0.15, 0.2) is 0 Å². The summed E-state index contributed by atoms with van der Waals surface area (Å²) < 4.78 is 38.6. The van der Waals surface area contributed by atoms with Crippen molar-refractivity contribution in [1.82, 2.24) is 19.9 Å². The molecule has 1 N–H and O–H groups in total. The fourth-order valence-corrected chi connectivity index (χ4v) is 3.49. The van der Waals surface area contributed by atoms with E-state index in [1.54, 1.807) is 30.3 Å². The summed E-state index contributed by atoms with van der Waals surface area (Å²) in [6.45, 7) is 0.935. The zero-order valence-electron chi connectivity index (χ0n) is 16.0. The van der Waals surface area contributed by atoms with Crippen molar-refractivity contribution in [3.8, 4) is 11.3 Å². The van der Waals surface area contributed by atoms with E-state index in [4.69, 9.17) is 0 Å². The molecule has 0 spiro atoms. The number of H-pyrrole nitrogens is 1. The maximum Gasteiger partial charge on any atom is 0.449 e. The number of nitro groups is 1. The molecule has 31 heavy (non-hydrogen) atoms. The van der Waals surface area contributed by atoms with Crippen LogP contribution >= 0.6 is 0 Å². The first kappa shape index (κ1) is 20.7. The average molecular weight is 431 g/mol. The lowest BCUT2D eigenvalue weighted by Crippen LogP contribution is -2.36. The van der Waals surface area contributed by atoms with Crippen molar-refractivity contribution < 1.29 is 18.1 Å². The van der Waals surface area contributed by atoms with Gasteiger partial charge >= 0.3 is 6.18 Å². The molecule has 8 nitrogen and oxygen atoms in total. The van der Waals surface area contributed by atoms with Crippen molar-refractivity contribution in [2.75, 3.05) is 6.54 Å². The van der Waals surface area contributed by atoms with E-state index in [0.717, 1.165) is 0 Å². The number of pyridine rings is 1. The van der Waals surface area contributed by atoms with Gasteiger partial charge in [0, 0.05) is 43.8 Å². The summed E-state index contributed by atoms with van der Waals surface area (Å²) >= 11 is 0. The summed E-state index contributed by atoms with van der Waals surface area (Å²) in [5.74, 6) is -1.28. The van der Waals surface area contributed by atoms with Gasteiger partial charge < -0.3 is 4.98 Å². The smallest absolute Gasteiger partial charge is 0.303 e. The second kappa shape index (κ2) is 7.91. The number of rotatable bonds is 4. The number of alkyl halides is 3. The molecule has 0 bridgehead atoms. The Labute approximate surface area is 173 Å². The van der Waals surface area contributed by atoms with Crippen LogP contribution in [0, 0.1) is 10.1 Å². The number of fused-ring (bicyclic) bond motifs is 1. The second-order valence-corrected chi connectivity index (χ2v) is 7.12. The highest BCUT2D eigenvalue weighted by Crippen LogP contribution is 2.27. The van der Waals surface area contributed by atoms with E-state index < -0.39 is 22.5 Å². The number of nitro benzene ring substituents is 1.